The first kappa shape index (κ1) is 34.5. The molecule has 3 N–H and O–H groups in total. The summed E-state index contributed by atoms with van der Waals surface area (Å²) in [5.74, 6) is 0.556. The first-order valence-corrected chi connectivity index (χ1v) is 19.1. The molecule has 2 aromatic rings. The maximum atomic E-state index is 14.5. The van der Waals surface area contributed by atoms with E-state index < -0.39 is 28.6 Å². The molecule has 6 aliphatic carbocycles. The van der Waals surface area contributed by atoms with Gasteiger partial charge in [-0.25, -0.2) is 0 Å². The average molecular weight is 686 g/mol. The lowest BCUT2D eigenvalue weighted by molar-refractivity contribution is -0.178. The third-order valence-corrected chi connectivity index (χ3v) is 14.6. The molecule has 4 fully saturated rings. The minimum Gasteiger partial charge on any atom is -0.461 e. The fraction of sp³-hybridized carbons (Fsp3) is 0.643. The number of carbonyl (C=O) groups excluding carboxylic acids is 1. The van der Waals surface area contributed by atoms with E-state index in [1.807, 2.05) is 30.3 Å². The molecule has 10 atom stereocenters. The van der Waals surface area contributed by atoms with E-state index in [0.717, 1.165) is 62.7 Å². The van der Waals surface area contributed by atoms with Gasteiger partial charge in [0.05, 0.1) is 43.4 Å². The van der Waals surface area contributed by atoms with Gasteiger partial charge >= 0.3 is 0 Å². The molecule has 1 aromatic heterocycles. The molecule has 8 nitrogen and oxygen atoms in total. The zero-order chi connectivity index (χ0) is 34.8. The van der Waals surface area contributed by atoms with Crippen molar-refractivity contribution in [3.8, 4) is 0 Å². The van der Waals surface area contributed by atoms with Crippen LogP contribution < -0.4 is 0 Å². The van der Waals surface area contributed by atoms with Crippen LogP contribution in [0.25, 0.3) is 0 Å². The number of carbonyl (C=O) groups is 1. The maximum Gasteiger partial charge on any atom is 0.224 e. The monoisotopic (exact) mass is 685 g/mol. The topological polar surface area (TPSA) is 113 Å². The standard InChI is InChI=1S/C42H55NO7/c1-38-15-12-30(44)22-40(38)18-19-42(33(23-40)37(46)34-11-7-21-50-34)35(38)13-16-39(2)36(42)14-17-41(39,47)28-43(25-32-10-6-20-49-32)24-31(45)27-48-26-29-8-4-3-5-9-29/h3-5,7-9,11,18-19,21,23,30-32,35-36,44-45,47H,6,10,12-17,20,22,24-28H2,1-2H3. The largest absolute Gasteiger partial charge is 0.461 e. The molecule has 0 radical (unpaired) electrons. The second kappa shape index (κ2) is 12.8. The fourth-order valence-corrected chi connectivity index (χ4v) is 12.0. The predicted octanol–water partition coefficient (Wildman–Crippen LogP) is 6.11. The van der Waals surface area contributed by atoms with Crippen LogP contribution in [0.3, 0.4) is 0 Å². The molecule has 8 heteroatoms. The Balaban J connectivity index is 1.09. The van der Waals surface area contributed by atoms with Crippen molar-refractivity contribution in [2.45, 2.75) is 102 Å². The van der Waals surface area contributed by atoms with E-state index in [1.165, 1.54) is 0 Å². The summed E-state index contributed by atoms with van der Waals surface area (Å²) in [5.41, 5.74) is -0.637. The number of aliphatic hydroxyl groups excluding tert-OH is 2. The van der Waals surface area contributed by atoms with Gasteiger partial charge in [-0.3, -0.25) is 9.69 Å². The van der Waals surface area contributed by atoms with Gasteiger partial charge in [-0.05, 0) is 92.7 Å². The van der Waals surface area contributed by atoms with E-state index in [2.05, 4.69) is 37.0 Å². The molecular formula is C42H55NO7. The molecular weight excluding hydrogens is 630 g/mol. The van der Waals surface area contributed by atoms with E-state index in [9.17, 15) is 20.1 Å². The number of rotatable bonds is 12. The number of benzene rings is 1. The van der Waals surface area contributed by atoms with Crippen LogP contribution >= 0.6 is 0 Å². The van der Waals surface area contributed by atoms with Gasteiger partial charge in [-0.2, -0.15) is 0 Å². The van der Waals surface area contributed by atoms with Crippen LogP contribution in [0.1, 0.15) is 87.8 Å². The minimum atomic E-state index is -1.02. The van der Waals surface area contributed by atoms with E-state index in [4.69, 9.17) is 13.9 Å². The summed E-state index contributed by atoms with van der Waals surface area (Å²) >= 11 is 0. The smallest absolute Gasteiger partial charge is 0.224 e. The second-order valence-corrected chi connectivity index (χ2v) is 17.1. The van der Waals surface area contributed by atoms with Crippen LogP contribution in [0.5, 0.6) is 0 Å². The highest BCUT2D eigenvalue weighted by Crippen LogP contribution is 2.78. The Morgan fingerprint density at radius 2 is 1.78 bits per heavy atom. The maximum absolute atomic E-state index is 14.5. The van der Waals surface area contributed by atoms with Gasteiger partial charge in [-0.15, -0.1) is 0 Å². The molecule has 10 unspecified atom stereocenters. The number of hydrogen-bond acceptors (Lipinski definition) is 8. The van der Waals surface area contributed by atoms with Crippen LogP contribution in [0.4, 0.5) is 0 Å². The molecule has 3 saturated carbocycles. The lowest BCUT2D eigenvalue weighted by Gasteiger charge is -2.71. The number of fused-ring (bicyclic) bond motifs is 1. The van der Waals surface area contributed by atoms with Crippen molar-refractivity contribution in [1.29, 1.82) is 0 Å². The van der Waals surface area contributed by atoms with Crippen molar-refractivity contribution >= 4 is 5.78 Å². The second-order valence-electron chi connectivity index (χ2n) is 17.1. The van der Waals surface area contributed by atoms with Gasteiger partial charge in [0, 0.05) is 48.1 Å². The molecule has 7 aliphatic rings. The van der Waals surface area contributed by atoms with Crippen molar-refractivity contribution in [2.24, 2.45) is 33.5 Å². The fourth-order valence-electron chi connectivity index (χ4n) is 12.0. The van der Waals surface area contributed by atoms with E-state index in [-0.39, 0.29) is 41.2 Å². The summed E-state index contributed by atoms with van der Waals surface area (Å²) in [6, 6.07) is 13.5. The van der Waals surface area contributed by atoms with Crippen LogP contribution in [0.15, 0.2) is 76.9 Å². The molecule has 9 rings (SSSR count). The third kappa shape index (κ3) is 5.35. The molecule has 2 bridgehead atoms. The summed E-state index contributed by atoms with van der Waals surface area (Å²) in [6.07, 6.45) is 15.0. The zero-order valence-corrected chi connectivity index (χ0v) is 29.8. The molecule has 1 saturated heterocycles. The van der Waals surface area contributed by atoms with E-state index in [0.29, 0.717) is 44.8 Å². The molecule has 50 heavy (non-hydrogen) atoms. The number of ketones is 1. The Labute approximate surface area is 296 Å². The van der Waals surface area contributed by atoms with Crippen molar-refractivity contribution < 1.29 is 34.0 Å². The molecule has 1 aromatic carbocycles. The van der Waals surface area contributed by atoms with Gasteiger partial charge in [0.15, 0.2) is 5.76 Å². The lowest BCUT2D eigenvalue weighted by Crippen LogP contribution is -2.67. The lowest BCUT2D eigenvalue weighted by atomic mass is 9.32. The summed E-state index contributed by atoms with van der Waals surface area (Å²) in [6.45, 7) is 7.54. The number of furan rings is 1. The first-order chi connectivity index (χ1) is 24.0. The number of Topliss-reactive ketones (excluding diaryl/α,β-unsaturated/α-hetero) is 1. The minimum absolute atomic E-state index is 0.0471. The van der Waals surface area contributed by atoms with Crippen LogP contribution in [0, 0.1) is 33.5 Å². The van der Waals surface area contributed by atoms with Crippen LogP contribution in [0.2, 0.25) is 0 Å². The summed E-state index contributed by atoms with van der Waals surface area (Å²) in [5, 5.41) is 35.2. The SMILES string of the molecule is CC12CCC(O)CC13C=CC1(C(C(=O)c4ccco4)=C3)C2CCC2(C)C1CCC2(O)CN(CC(O)COCc1ccccc1)CC1CCCO1. The Kier molecular flexibility index (Phi) is 8.84. The highest BCUT2D eigenvalue weighted by Gasteiger charge is 2.74. The predicted molar refractivity (Wildman–Crippen MR) is 189 cm³/mol. The van der Waals surface area contributed by atoms with Crippen molar-refractivity contribution in [2.75, 3.05) is 32.8 Å². The third-order valence-electron chi connectivity index (χ3n) is 14.6. The Hall–Kier alpha value is -2.59. The van der Waals surface area contributed by atoms with Crippen molar-refractivity contribution in [3.63, 3.8) is 0 Å². The van der Waals surface area contributed by atoms with Gasteiger partial charge in [-0.1, -0.05) is 62.4 Å². The zero-order valence-electron chi connectivity index (χ0n) is 29.8. The normalized spacial score (nSPS) is 40.7. The van der Waals surface area contributed by atoms with Crippen molar-refractivity contribution in [1.82, 2.24) is 4.90 Å². The van der Waals surface area contributed by atoms with Crippen LogP contribution in [-0.4, -0.2) is 82.8 Å². The highest BCUT2D eigenvalue weighted by molar-refractivity contribution is 6.08. The van der Waals surface area contributed by atoms with Crippen LogP contribution in [-0.2, 0) is 16.1 Å². The Morgan fingerprint density at radius 1 is 1.00 bits per heavy atom. The highest BCUT2D eigenvalue weighted by atomic mass is 16.5. The quantitative estimate of drug-likeness (QED) is 0.181. The number of allylic oxidation sites excluding steroid dienone is 4. The molecule has 2 heterocycles. The van der Waals surface area contributed by atoms with E-state index >= 15 is 0 Å². The average Bonchev–Trinajstić information content (AvgIpc) is 3.87. The summed E-state index contributed by atoms with van der Waals surface area (Å²) in [4.78, 5) is 16.7. The molecule has 270 valence electrons. The van der Waals surface area contributed by atoms with Gasteiger partial charge < -0.3 is 29.2 Å². The van der Waals surface area contributed by atoms with Gasteiger partial charge in [0.2, 0.25) is 5.78 Å². The molecule has 1 aliphatic heterocycles. The first-order valence-electron chi connectivity index (χ1n) is 19.1. The Bertz CT molecular complexity index is 1600. The van der Waals surface area contributed by atoms with Gasteiger partial charge in [0.1, 0.15) is 0 Å². The van der Waals surface area contributed by atoms with Crippen molar-refractivity contribution in [3.05, 3.63) is 83.9 Å². The summed E-state index contributed by atoms with van der Waals surface area (Å²) in [7, 11) is 0. The Morgan fingerprint density at radius 3 is 2.54 bits per heavy atom. The molecule has 2 spiro atoms. The van der Waals surface area contributed by atoms with E-state index in [1.54, 1.807) is 18.4 Å². The summed E-state index contributed by atoms with van der Waals surface area (Å²) < 4.78 is 17.7. The number of aliphatic hydroxyl groups is 3. The number of ether oxygens (including phenoxy) is 2. The number of hydrogen-bond donors (Lipinski definition) is 3. The molecule has 0 amide bonds. The van der Waals surface area contributed by atoms with Gasteiger partial charge in [0.25, 0.3) is 0 Å². The number of nitrogens with zero attached hydrogens (tertiary/aromatic N) is 1.